The van der Waals surface area contributed by atoms with E-state index < -0.39 is 18.1 Å². The number of unbranched alkanes of at least 4 members (excludes halogenated alkanes) is 5. The molecule has 1 aliphatic rings. The first-order valence-electron chi connectivity index (χ1n) is 11.2. The highest BCUT2D eigenvalue weighted by atomic mass is 16.5. The second kappa shape index (κ2) is 14.8. The molecule has 0 saturated carbocycles. The van der Waals surface area contributed by atoms with Crippen molar-refractivity contribution in [2.45, 2.75) is 103 Å². The van der Waals surface area contributed by atoms with Crippen LogP contribution in [0.3, 0.4) is 0 Å². The van der Waals surface area contributed by atoms with Gasteiger partial charge in [-0.3, -0.25) is 14.5 Å². The number of ether oxygens (including phenoxy) is 1. The molecule has 2 N–H and O–H groups in total. The first kappa shape index (κ1) is 24.9. The van der Waals surface area contributed by atoms with Gasteiger partial charge >= 0.3 is 11.9 Å². The highest BCUT2D eigenvalue weighted by molar-refractivity contribution is 5.73. The van der Waals surface area contributed by atoms with Gasteiger partial charge < -0.3 is 14.9 Å². The lowest BCUT2D eigenvalue weighted by atomic mass is 10.0. The van der Waals surface area contributed by atoms with Gasteiger partial charge in [0.15, 0.2) is 0 Å². The van der Waals surface area contributed by atoms with Gasteiger partial charge in [0.25, 0.3) is 0 Å². The van der Waals surface area contributed by atoms with Gasteiger partial charge in [0.1, 0.15) is 6.04 Å². The third kappa shape index (κ3) is 11.6. The average molecular weight is 400 g/mol. The van der Waals surface area contributed by atoms with Crippen molar-refractivity contribution < 1.29 is 24.5 Å². The lowest BCUT2D eigenvalue weighted by Crippen LogP contribution is -2.36. The first-order chi connectivity index (χ1) is 13.4. The fourth-order valence-electron chi connectivity index (χ4n) is 3.80. The molecule has 1 aliphatic heterocycles. The van der Waals surface area contributed by atoms with Crippen LogP contribution in [0.15, 0.2) is 0 Å². The number of carboxylic acids is 1. The minimum atomic E-state index is -0.766. The molecule has 0 aromatic rings. The number of carboxylic acid groups (broad SMARTS) is 1. The summed E-state index contributed by atoms with van der Waals surface area (Å²) in [6.07, 6.45) is 10.4. The van der Waals surface area contributed by atoms with E-state index in [1.54, 1.807) is 0 Å². The normalized spacial score (nSPS) is 18.5. The van der Waals surface area contributed by atoms with E-state index in [9.17, 15) is 14.7 Å². The minimum Gasteiger partial charge on any atom is -0.480 e. The number of carbonyl (C=O) groups excluding carboxylic acids is 1. The second-order valence-corrected chi connectivity index (χ2v) is 8.56. The van der Waals surface area contributed by atoms with E-state index >= 15 is 0 Å². The molecule has 0 amide bonds. The van der Waals surface area contributed by atoms with Crippen molar-refractivity contribution in [3.8, 4) is 0 Å². The molecular formula is C22H41NO5. The zero-order valence-corrected chi connectivity index (χ0v) is 17.9. The molecule has 0 bridgehead atoms. The van der Waals surface area contributed by atoms with Crippen molar-refractivity contribution in [3.63, 3.8) is 0 Å². The van der Waals surface area contributed by atoms with Gasteiger partial charge in [-0.1, -0.05) is 52.4 Å². The monoisotopic (exact) mass is 399 g/mol. The van der Waals surface area contributed by atoms with E-state index in [1.165, 1.54) is 32.1 Å². The van der Waals surface area contributed by atoms with E-state index in [0.717, 1.165) is 31.7 Å². The van der Waals surface area contributed by atoms with Crippen LogP contribution in [0.25, 0.3) is 0 Å². The van der Waals surface area contributed by atoms with Crippen molar-refractivity contribution in [3.05, 3.63) is 0 Å². The van der Waals surface area contributed by atoms with Gasteiger partial charge in [0.2, 0.25) is 0 Å². The van der Waals surface area contributed by atoms with Gasteiger partial charge in [0.05, 0.1) is 19.1 Å². The number of nitrogens with zero attached hydrogens (tertiary/aromatic N) is 1. The SMILES string of the molecule is CC(C)CCCCCCCCOC(=O)C[C@@H](O)CCCN1CCCC1C(=O)O. The molecule has 6 heteroatoms. The molecular weight excluding hydrogens is 358 g/mol. The lowest BCUT2D eigenvalue weighted by Gasteiger charge is -2.21. The first-order valence-corrected chi connectivity index (χ1v) is 11.2. The molecule has 164 valence electrons. The summed E-state index contributed by atoms with van der Waals surface area (Å²) in [5, 5.41) is 19.1. The zero-order valence-electron chi connectivity index (χ0n) is 17.9. The molecule has 6 nitrogen and oxygen atoms in total. The van der Waals surface area contributed by atoms with Crippen molar-refractivity contribution in [1.82, 2.24) is 4.90 Å². The number of esters is 1. The van der Waals surface area contributed by atoms with Crippen molar-refractivity contribution in [2.75, 3.05) is 19.7 Å². The Balaban J connectivity index is 1.96. The van der Waals surface area contributed by atoms with E-state index in [2.05, 4.69) is 13.8 Å². The molecule has 0 aromatic heterocycles. The number of aliphatic hydroxyl groups excluding tert-OH is 1. The molecule has 1 rings (SSSR count). The Labute approximate surface area is 170 Å². The maximum absolute atomic E-state index is 11.8. The smallest absolute Gasteiger partial charge is 0.320 e. The highest BCUT2D eigenvalue weighted by Crippen LogP contribution is 2.18. The Morgan fingerprint density at radius 2 is 1.71 bits per heavy atom. The summed E-state index contributed by atoms with van der Waals surface area (Å²) in [6, 6.07) is -0.391. The van der Waals surface area contributed by atoms with Crippen molar-refractivity contribution >= 4 is 11.9 Å². The lowest BCUT2D eigenvalue weighted by molar-refractivity contribution is -0.146. The molecule has 1 saturated heterocycles. The highest BCUT2D eigenvalue weighted by Gasteiger charge is 2.29. The second-order valence-electron chi connectivity index (χ2n) is 8.56. The number of likely N-dealkylation sites (tertiary alicyclic amines) is 1. The molecule has 1 fully saturated rings. The van der Waals surface area contributed by atoms with Gasteiger partial charge in [0, 0.05) is 0 Å². The van der Waals surface area contributed by atoms with E-state index in [4.69, 9.17) is 9.84 Å². The van der Waals surface area contributed by atoms with Gasteiger partial charge in [-0.25, -0.2) is 0 Å². The number of carbonyl (C=O) groups is 2. The van der Waals surface area contributed by atoms with Crippen LogP contribution in [0, 0.1) is 5.92 Å². The molecule has 2 atom stereocenters. The Bertz CT molecular complexity index is 441. The van der Waals surface area contributed by atoms with Crippen LogP contribution in [-0.4, -0.2) is 58.9 Å². The summed E-state index contributed by atoms with van der Waals surface area (Å²) in [4.78, 5) is 24.9. The van der Waals surface area contributed by atoms with Crippen LogP contribution in [0.1, 0.15) is 90.9 Å². The predicted molar refractivity (Wildman–Crippen MR) is 110 cm³/mol. The molecule has 28 heavy (non-hydrogen) atoms. The molecule has 0 radical (unpaired) electrons. The van der Waals surface area contributed by atoms with E-state index in [1.807, 2.05) is 4.90 Å². The third-order valence-corrected chi connectivity index (χ3v) is 5.47. The van der Waals surface area contributed by atoms with E-state index in [-0.39, 0.29) is 12.4 Å². The van der Waals surface area contributed by atoms with Gasteiger partial charge in [-0.05, 0) is 51.1 Å². The Morgan fingerprint density at radius 1 is 1.04 bits per heavy atom. The summed E-state index contributed by atoms with van der Waals surface area (Å²) in [5.41, 5.74) is 0. The predicted octanol–water partition coefficient (Wildman–Crippen LogP) is 4.00. The summed E-state index contributed by atoms with van der Waals surface area (Å²) < 4.78 is 5.21. The van der Waals surface area contributed by atoms with Crippen molar-refractivity contribution in [2.24, 2.45) is 5.92 Å². The minimum absolute atomic E-state index is 0.0254. The number of rotatable bonds is 16. The number of hydrogen-bond acceptors (Lipinski definition) is 5. The summed E-state index contributed by atoms with van der Waals surface area (Å²) in [5.74, 6) is -0.317. The summed E-state index contributed by atoms with van der Waals surface area (Å²) >= 11 is 0. The largest absolute Gasteiger partial charge is 0.480 e. The van der Waals surface area contributed by atoms with Crippen LogP contribution in [0.2, 0.25) is 0 Å². The van der Waals surface area contributed by atoms with Crippen LogP contribution in [-0.2, 0) is 14.3 Å². The molecule has 1 unspecified atom stereocenters. The maximum atomic E-state index is 11.8. The van der Waals surface area contributed by atoms with Crippen LogP contribution in [0.5, 0.6) is 0 Å². The van der Waals surface area contributed by atoms with Gasteiger partial charge in [-0.2, -0.15) is 0 Å². The number of hydrogen-bond donors (Lipinski definition) is 2. The third-order valence-electron chi connectivity index (χ3n) is 5.47. The summed E-state index contributed by atoms with van der Waals surface area (Å²) in [6.45, 7) is 6.40. The zero-order chi connectivity index (χ0) is 20.8. The topological polar surface area (TPSA) is 87.1 Å². The van der Waals surface area contributed by atoms with E-state index in [0.29, 0.717) is 32.4 Å². The van der Waals surface area contributed by atoms with Crippen LogP contribution >= 0.6 is 0 Å². The van der Waals surface area contributed by atoms with Crippen molar-refractivity contribution in [1.29, 1.82) is 0 Å². The van der Waals surface area contributed by atoms with Gasteiger partial charge in [-0.15, -0.1) is 0 Å². The summed E-state index contributed by atoms with van der Waals surface area (Å²) in [7, 11) is 0. The maximum Gasteiger partial charge on any atom is 0.320 e. The van der Waals surface area contributed by atoms with Crippen LogP contribution < -0.4 is 0 Å². The Hall–Kier alpha value is -1.14. The standard InChI is InChI=1S/C22H41NO5/c1-18(2)11-7-5-3-4-6-8-16-28-21(25)17-19(24)12-9-14-23-15-10-13-20(23)22(26)27/h18-20,24H,3-17H2,1-2H3,(H,26,27)/t19-,20?/m0/s1. The Morgan fingerprint density at radius 3 is 2.39 bits per heavy atom. The quantitative estimate of drug-likeness (QED) is 0.301. The Kier molecular flexibility index (Phi) is 13.2. The molecule has 0 aliphatic carbocycles. The van der Waals surface area contributed by atoms with Crippen LogP contribution in [0.4, 0.5) is 0 Å². The molecule has 1 heterocycles. The number of aliphatic carboxylic acids is 1. The average Bonchev–Trinajstić information content (AvgIpc) is 3.08. The molecule has 0 aromatic carbocycles. The fourth-order valence-corrected chi connectivity index (χ4v) is 3.80. The molecule has 0 spiro atoms. The fraction of sp³-hybridized carbons (Fsp3) is 0.909. The number of aliphatic hydroxyl groups is 1.